The molecule has 0 atom stereocenters. The zero-order valence-electron chi connectivity index (χ0n) is 9.01. The zero-order chi connectivity index (χ0) is 10.9. The molecule has 0 aliphatic carbocycles. The van der Waals surface area contributed by atoms with Crippen LogP contribution in [0.1, 0.15) is 13.8 Å². The van der Waals surface area contributed by atoms with Crippen LogP contribution < -0.4 is 5.69 Å². The molecule has 5 heteroatoms. The Hall–Kier alpha value is -1.36. The molecule has 2 heterocycles. The second-order valence-corrected chi connectivity index (χ2v) is 4.27. The smallest absolute Gasteiger partial charge is 0.349 e. The largest absolute Gasteiger partial charge is 0.380 e. The van der Waals surface area contributed by atoms with Crippen LogP contribution in [0.3, 0.4) is 0 Å². The molecule has 1 saturated heterocycles. The molecule has 1 aliphatic rings. The number of allylic oxidation sites excluding steroid dienone is 1. The van der Waals surface area contributed by atoms with Crippen LogP contribution in [0.15, 0.2) is 17.2 Å². The van der Waals surface area contributed by atoms with Crippen LogP contribution in [0.2, 0.25) is 0 Å². The van der Waals surface area contributed by atoms with Gasteiger partial charge in [0.15, 0.2) is 0 Å². The van der Waals surface area contributed by atoms with Gasteiger partial charge in [0.2, 0.25) is 0 Å². The minimum Gasteiger partial charge on any atom is -0.380 e. The van der Waals surface area contributed by atoms with E-state index < -0.39 is 0 Å². The van der Waals surface area contributed by atoms with Crippen LogP contribution in [0.5, 0.6) is 0 Å². The first-order chi connectivity index (χ1) is 7.14. The first kappa shape index (κ1) is 10.2. The van der Waals surface area contributed by atoms with Gasteiger partial charge in [0.1, 0.15) is 6.33 Å². The van der Waals surface area contributed by atoms with E-state index >= 15 is 0 Å². The van der Waals surface area contributed by atoms with Gasteiger partial charge in [0.05, 0.1) is 13.2 Å². The summed E-state index contributed by atoms with van der Waals surface area (Å²) in [5.41, 5.74) is -0.00520. The van der Waals surface area contributed by atoms with E-state index in [2.05, 4.69) is 12.0 Å². The molecule has 2 rings (SSSR count). The lowest BCUT2D eigenvalue weighted by molar-refractivity contribution is -0.110. The van der Waals surface area contributed by atoms with Gasteiger partial charge in [-0.3, -0.25) is 4.57 Å². The lowest BCUT2D eigenvalue weighted by Gasteiger charge is -2.37. The van der Waals surface area contributed by atoms with Crippen LogP contribution in [-0.2, 0) is 11.3 Å². The van der Waals surface area contributed by atoms with Crippen molar-refractivity contribution in [1.29, 1.82) is 0 Å². The van der Waals surface area contributed by atoms with Crippen LogP contribution in [0.4, 0.5) is 0 Å². The molecule has 15 heavy (non-hydrogen) atoms. The van der Waals surface area contributed by atoms with Gasteiger partial charge in [0.25, 0.3) is 0 Å². The maximum absolute atomic E-state index is 11.7. The van der Waals surface area contributed by atoms with E-state index in [-0.39, 0.29) is 11.1 Å². The van der Waals surface area contributed by atoms with Gasteiger partial charge in [-0.05, 0) is 6.92 Å². The number of hydrogen-bond donors (Lipinski definition) is 0. The van der Waals surface area contributed by atoms with E-state index in [0.29, 0.717) is 19.8 Å². The predicted molar refractivity (Wildman–Crippen MR) is 56.4 cm³/mol. The Morgan fingerprint density at radius 2 is 2.40 bits per heavy atom. The molecule has 82 valence electrons. The molecule has 1 aliphatic heterocycles. The Kier molecular flexibility index (Phi) is 2.48. The van der Waals surface area contributed by atoms with Crippen LogP contribution in [-0.4, -0.2) is 27.6 Å². The number of hydrogen-bond acceptors (Lipinski definition) is 3. The fourth-order valence-corrected chi connectivity index (χ4v) is 1.65. The Morgan fingerprint density at radius 1 is 1.67 bits per heavy atom. The van der Waals surface area contributed by atoms with Crippen molar-refractivity contribution in [2.45, 2.75) is 20.4 Å². The van der Waals surface area contributed by atoms with E-state index in [9.17, 15) is 4.79 Å². The van der Waals surface area contributed by atoms with Crippen molar-refractivity contribution in [3.05, 3.63) is 22.9 Å². The molecule has 5 nitrogen and oxygen atoms in total. The summed E-state index contributed by atoms with van der Waals surface area (Å²) in [6.45, 7) is 6.06. The minimum atomic E-state index is -0.0961. The van der Waals surface area contributed by atoms with Gasteiger partial charge in [-0.25, -0.2) is 4.79 Å². The van der Waals surface area contributed by atoms with E-state index in [1.165, 1.54) is 4.68 Å². The first-order valence-corrected chi connectivity index (χ1v) is 4.99. The van der Waals surface area contributed by atoms with Crippen molar-refractivity contribution >= 4 is 6.20 Å². The minimum absolute atomic E-state index is 0.0909. The molecule has 0 radical (unpaired) electrons. The van der Waals surface area contributed by atoms with Gasteiger partial charge in [-0.15, -0.1) is 0 Å². The Morgan fingerprint density at radius 3 is 2.93 bits per heavy atom. The molecule has 1 fully saturated rings. The molecule has 1 aromatic heterocycles. The zero-order valence-corrected chi connectivity index (χ0v) is 9.01. The van der Waals surface area contributed by atoms with Gasteiger partial charge < -0.3 is 4.74 Å². The van der Waals surface area contributed by atoms with Crippen molar-refractivity contribution in [2.75, 3.05) is 13.2 Å². The monoisotopic (exact) mass is 209 g/mol. The molecule has 0 bridgehead atoms. The maximum Gasteiger partial charge on any atom is 0.349 e. The fourth-order valence-electron chi connectivity index (χ4n) is 1.65. The summed E-state index contributed by atoms with van der Waals surface area (Å²) in [5.74, 6) is 0. The summed E-state index contributed by atoms with van der Waals surface area (Å²) in [6, 6.07) is 0. The Balaban J connectivity index is 2.19. The summed E-state index contributed by atoms with van der Waals surface area (Å²) >= 11 is 0. The van der Waals surface area contributed by atoms with Gasteiger partial charge in [-0.2, -0.15) is 9.78 Å². The fraction of sp³-hybridized carbons (Fsp3) is 0.600. The van der Waals surface area contributed by atoms with Crippen molar-refractivity contribution < 1.29 is 4.74 Å². The normalized spacial score (nSPS) is 19.3. The van der Waals surface area contributed by atoms with Crippen molar-refractivity contribution in [3.63, 3.8) is 0 Å². The second kappa shape index (κ2) is 3.66. The Labute approximate surface area is 88.0 Å². The third kappa shape index (κ3) is 1.87. The third-order valence-electron chi connectivity index (χ3n) is 2.50. The van der Waals surface area contributed by atoms with Crippen LogP contribution in [0, 0.1) is 5.41 Å². The average molecular weight is 209 g/mol. The number of nitrogens with zero attached hydrogens (tertiary/aromatic N) is 3. The van der Waals surface area contributed by atoms with E-state index in [1.54, 1.807) is 23.2 Å². The molecule has 0 unspecified atom stereocenters. The topological polar surface area (TPSA) is 49.0 Å². The lowest BCUT2D eigenvalue weighted by atomic mass is 9.89. The van der Waals surface area contributed by atoms with Crippen molar-refractivity contribution in [3.8, 4) is 0 Å². The van der Waals surface area contributed by atoms with Crippen LogP contribution >= 0.6 is 0 Å². The molecule has 0 aromatic carbocycles. The van der Waals surface area contributed by atoms with E-state index in [0.717, 1.165) is 0 Å². The second-order valence-electron chi connectivity index (χ2n) is 4.27. The molecule has 0 spiro atoms. The van der Waals surface area contributed by atoms with Gasteiger partial charge >= 0.3 is 5.69 Å². The number of rotatable bonds is 3. The Bertz CT molecular complexity index is 426. The van der Waals surface area contributed by atoms with Crippen molar-refractivity contribution in [2.24, 2.45) is 5.41 Å². The summed E-state index contributed by atoms with van der Waals surface area (Å²) in [5, 5.41) is 3.99. The lowest BCUT2D eigenvalue weighted by Crippen LogP contribution is -2.44. The number of ether oxygens (including phenoxy) is 1. The SMILES string of the molecule is C/C=C\n1ncn(CC2(C)COC2)c1=O. The molecule has 0 amide bonds. The standard InChI is InChI=1S/C10H15N3O2/c1-3-4-13-9(14)12(8-11-13)5-10(2)6-15-7-10/h3-4,8H,5-7H2,1-2H3/b4-3-. The van der Waals surface area contributed by atoms with E-state index in [1.807, 2.05) is 6.92 Å². The summed E-state index contributed by atoms with van der Waals surface area (Å²) < 4.78 is 8.11. The summed E-state index contributed by atoms with van der Waals surface area (Å²) in [7, 11) is 0. The average Bonchev–Trinajstić information content (AvgIpc) is 2.48. The highest BCUT2D eigenvalue weighted by Gasteiger charge is 2.34. The highest BCUT2D eigenvalue weighted by Crippen LogP contribution is 2.27. The molecule has 1 aromatic rings. The number of aromatic nitrogens is 3. The summed E-state index contributed by atoms with van der Waals surface area (Å²) in [6.07, 6.45) is 5.01. The quantitative estimate of drug-likeness (QED) is 0.731. The maximum atomic E-state index is 11.7. The van der Waals surface area contributed by atoms with Crippen LogP contribution in [0.25, 0.3) is 6.20 Å². The molecular formula is C10H15N3O2. The highest BCUT2D eigenvalue weighted by molar-refractivity contribution is 5.16. The summed E-state index contributed by atoms with van der Waals surface area (Å²) in [4.78, 5) is 11.7. The molecule has 0 saturated carbocycles. The predicted octanol–water partition coefficient (Wildman–Crippen LogP) is 0.572. The van der Waals surface area contributed by atoms with Gasteiger partial charge in [0, 0.05) is 18.2 Å². The molecular weight excluding hydrogens is 194 g/mol. The van der Waals surface area contributed by atoms with Crippen molar-refractivity contribution in [1.82, 2.24) is 14.3 Å². The molecule has 0 N–H and O–H groups in total. The first-order valence-electron chi connectivity index (χ1n) is 4.99. The van der Waals surface area contributed by atoms with Gasteiger partial charge in [-0.1, -0.05) is 13.0 Å². The third-order valence-corrected chi connectivity index (χ3v) is 2.50. The highest BCUT2D eigenvalue weighted by atomic mass is 16.5. The van der Waals surface area contributed by atoms with E-state index in [4.69, 9.17) is 4.74 Å².